The molecule has 2 amide bonds. The summed E-state index contributed by atoms with van der Waals surface area (Å²) in [5.41, 5.74) is 5.59. The minimum Gasteiger partial charge on any atom is -0.368 e. The highest BCUT2D eigenvalue weighted by molar-refractivity contribution is 6.39. The number of nitrogens with one attached hydrogen (secondary N) is 1. The van der Waals surface area contributed by atoms with Crippen LogP contribution in [0.1, 0.15) is 36.5 Å². The first-order chi connectivity index (χ1) is 13.4. The zero-order valence-corrected chi connectivity index (χ0v) is 17.2. The van der Waals surface area contributed by atoms with Crippen LogP contribution in [-0.2, 0) is 9.59 Å². The second-order valence-corrected chi connectivity index (χ2v) is 7.73. The van der Waals surface area contributed by atoms with Crippen LogP contribution in [0.3, 0.4) is 0 Å². The first kappa shape index (κ1) is 19.9. The van der Waals surface area contributed by atoms with Gasteiger partial charge in [0.25, 0.3) is 0 Å². The molecule has 148 valence electrons. The van der Waals surface area contributed by atoms with E-state index in [1.54, 1.807) is 4.90 Å². The largest absolute Gasteiger partial charge is 0.368 e. The lowest BCUT2D eigenvalue weighted by Crippen LogP contribution is -2.51. The van der Waals surface area contributed by atoms with Gasteiger partial charge in [0.05, 0.1) is 0 Å². The molecule has 5 nitrogen and oxygen atoms in total. The van der Waals surface area contributed by atoms with Crippen molar-refractivity contribution >= 4 is 23.2 Å². The van der Waals surface area contributed by atoms with Crippen molar-refractivity contribution in [3.63, 3.8) is 0 Å². The molecule has 1 fully saturated rings. The van der Waals surface area contributed by atoms with Crippen LogP contribution in [0.25, 0.3) is 0 Å². The Kier molecular flexibility index (Phi) is 6.02. The number of amides is 2. The Morgan fingerprint density at radius 2 is 1.57 bits per heavy atom. The SMILES string of the molecule is Cc1cccc(N2CCN(C(=O)C(=O)Nc3ccc(C(C)C)cc3)CC2)c1C. The Bertz CT molecular complexity index is 851. The van der Waals surface area contributed by atoms with E-state index in [-0.39, 0.29) is 0 Å². The number of anilines is 2. The Balaban J connectivity index is 1.57. The molecule has 1 aliphatic rings. The zero-order valence-electron chi connectivity index (χ0n) is 17.2. The van der Waals surface area contributed by atoms with Crippen molar-refractivity contribution in [2.45, 2.75) is 33.6 Å². The van der Waals surface area contributed by atoms with E-state index in [0.29, 0.717) is 24.7 Å². The van der Waals surface area contributed by atoms with E-state index in [4.69, 9.17) is 0 Å². The molecule has 0 unspecified atom stereocenters. The number of nitrogens with zero attached hydrogens (tertiary/aromatic N) is 2. The van der Waals surface area contributed by atoms with Crippen molar-refractivity contribution in [2.75, 3.05) is 36.4 Å². The summed E-state index contributed by atoms with van der Waals surface area (Å²) in [5, 5.41) is 2.72. The minimum atomic E-state index is -0.572. The number of aryl methyl sites for hydroxylation is 1. The highest BCUT2D eigenvalue weighted by atomic mass is 16.2. The Morgan fingerprint density at radius 1 is 0.929 bits per heavy atom. The Labute approximate surface area is 167 Å². The molecule has 0 atom stereocenters. The van der Waals surface area contributed by atoms with Crippen LogP contribution in [0.2, 0.25) is 0 Å². The maximum Gasteiger partial charge on any atom is 0.313 e. The lowest BCUT2D eigenvalue weighted by atomic mass is 10.0. The number of piperazine rings is 1. The lowest BCUT2D eigenvalue weighted by molar-refractivity contribution is -0.143. The fraction of sp³-hybridized carbons (Fsp3) is 0.391. The summed E-state index contributed by atoms with van der Waals surface area (Å²) in [5.74, 6) is -0.606. The van der Waals surface area contributed by atoms with Gasteiger partial charge in [0.2, 0.25) is 0 Å². The summed E-state index contributed by atoms with van der Waals surface area (Å²) < 4.78 is 0. The maximum absolute atomic E-state index is 12.5. The summed E-state index contributed by atoms with van der Waals surface area (Å²) in [6, 6.07) is 13.9. The summed E-state index contributed by atoms with van der Waals surface area (Å²) in [4.78, 5) is 28.8. The summed E-state index contributed by atoms with van der Waals surface area (Å²) in [7, 11) is 0. The number of hydrogen-bond acceptors (Lipinski definition) is 3. The van der Waals surface area contributed by atoms with E-state index in [2.05, 4.69) is 56.1 Å². The first-order valence-corrected chi connectivity index (χ1v) is 9.88. The average Bonchev–Trinajstić information content (AvgIpc) is 2.70. The Morgan fingerprint density at radius 3 is 2.18 bits per heavy atom. The smallest absolute Gasteiger partial charge is 0.313 e. The van der Waals surface area contributed by atoms with Gasteiger partial charge in [-0.3, -0.25) is 9.59 Å². The maximum atomic E-state index is 12.5. The number of carbonyl (C=O) groups is 2. The van der Waals surface area contributed by atoms with Crippen LogP contribution in [0.4, 0.5) is 11.4 Å². The normalized spacial score (nSPS) is 14.3. The third kappa shape index (κ3) is 4.35. The van der Waals surface area contributed by atoms with E-state index >= 15 is 0 Å². The molecule has 2 aromatic rings. The highest BCUT2D eigenvalue weighted by Crippen LogP contribution is 2.24. The van der Waals surface area contributed by atoms with Crippen molar-refractivity contribution < 1.29 is 9.59 Å². The van der Waals surface area contributed by atoms with Gasteiger partial charge < -0.3 is 15.1 Å². The third-order valence-corrected chi connectivity index (χ3v) is 5.51. The van der Waals surface area contributed by atoms with Gasteiger partial charge >= 0.3 is 11.8 Å². The van der Waals surface area contributed by atoms with Gasteiger partial charge in [-0.05, 0) is 54.7 Å². The van der Waals surface area contributed by atoms with Gasteiger partial charge in [-0.2, -0.15) is 0 Å². The van der Waals surface area contributed by atoms with Gasteiger partial charge in [0, 0.05) is 37.6 Å². The van der Waals surface area contributed by atoms with Crippen LogP contribution in [-0.4, -0.2) is 42.9 Å². The lowest BCUT2D eigenvalue weighted by Gasteiger charge is -2.36. The van der Waals surface area contributed by atoms with Crippen LogP contribution in [0.15, 0.2) is 42.5 Å². The monoisotopic (exact) mass is 379 g/mol. The first-order valence-electron chi connectivity index (χ1n) is 9.88. The molecule has 0 bridgehead atoms. The molecular weight excluding hydrogens is 350 g/mol. The molecular formula is C23H29N3O2. The minimum absolute atomic E-state index is 0.430. The van der Waals surface area contributed by atoms with Crippen molar-refractivity contribution in [1.29, 1.82) is 0 Å². The second kappa shape index (κ2) is 8.46. The fourth-order valence-corrected chi connectivity index (χ4v) is 3.51. The number of benzene rings is 2. The molecule has 1 N–H and O–H groups in total. The van der Waals surface area contributed by atoms with Gasteiger partial charge in [0.15, 0.2) is 0 Å². The Hall–Kier alpha value is -2.82. The predicted molar refractivity (Wildman–Crippen MR) is 114 cm³/mol. The summed E-state index contributed by atoms with van der Waals surface area (Å²) in [6.07, 6.45) is 0. The van der Waals surface area contributed by atoms with Crippen molar-refractivity contribution in [2.24, 2.45) is 0 Å². The zero-order chi connectivity index (χ0) is 20.3. The van der Waals surface area contributed by atoms with Crippen molar-refractivity contribution in [3.8, 4) is 0 Å². The van der Waals surface area contributed by atoms with E-state index in [9.17, 15) is 9.59 Å². The summed E-state index contributed by atoms with van der Waals surface area (Å²) in [6.45, 7) is 11.0. The average molecular weight is 380 g/mol. The van der Waals surface area contributed by atoms with Gasteiger partial charge in [0.1, 0.15) is 0 Å². The van der Waals surface area contributed by atoms with Crippen LogP contribution < -0.4 is 10.2 Å². The molecule has 0 aromatic heterocycles. The van der Waals surface area contributed by atoms with Crippen LogP contribution in [0, 0.1) is 13.8 Å². The van der Waals surface area contributed by atoms with E-state index in [0.717, 1.165) is 13.1 Å². The molecule has 3 rings (SSSR count). The number of hydrogen-bond donors (Lipinski definition) is 1. The predicted octanol–water partition coefficient (Wildman–Crippen LogP) is 3.71. The molecule has 0 saturated carbocycles. The van der Waals surface area contributed by atoms with Crippen LogP contribution in [0.5, 0.6) is 0 Å². The quantitative estimate of drug-likeness (QED) is 0.827. The molecule has 1 saturated heterocycles. The number of rotatable bonds is 3. The molecule has 2 aromatic carbocycles. The van der Waals surface area contributed by atoms with Crippen LogP contribution >= 0.6 is 0 Å². The molecule has 1 heterocycles. The van der Waals surface area contributed by atoms with Gasteiger partial charge in [-0.15, -0.1) is 0 Å². The molecule has 0 aliphatic carbocycles. The van der Waals surface area contributed by atoms with Gasteiger partial charge in [-0.1, -0.05) is 38.1 Å². The molecule has 5 heteroatoms. The summed E-state index contributed by atoms with van der Waals surface area (Å²) >= 11 is 0. The topological polar surface area (TPSA) is 52.7 Å². The highest BCUT2D eigenvalue weighted by Gasteiger charge is 2.26. The molecule has 1 aliphatic heterocycles. The van der Waals surface area contributed by atoms with E-state index in [1.165, 1.54) is 22.4 Å². The van der Waals surface area contributed by atoms with Crippen molar-refractivity contribution in [1.82, 2.24) is 4.90 Å². The van der Waals surface area contributed by atoms with E-state index < -0.39 is 11.8 Å². The van der Waals surface area contributed by atoms with E-state index in [1.807, 2.05) is 24.3 Å². The fourth-order valence-electron chi connectivity index (χ4n) is 3.51. The third-order valence-electron chi connectivity index (χ3n) is 5.51. The molecule has 0 spiro atoms. The molecule has 0 radical (unpaired) electrons. The van der Waals surface area contributed by atoms with Crippen molar-refractivity contribution in [3.05, 3.63) is 59.2 Å². The van der Waals surface area contributed by atoms with Gasteiger partial charge in [-0.25, -0.2) is 0 Å². The standard InChI is InChI=1S/C23H29N3O2/c1-16(2)19-8-10-20(11-9-19)24-22(27)23(28)26-14-12-25(13-15-26)21-7-5-6-17(3)18(21)4/h5-11,16H,12-15H2,1-4H3,(H,24,27). The number of carbonyl (C=O) groups excluding carboxylic acids is 2. The molecule has 28 heavy (non-hydrogen) atoms. The second-order valence-electron chi connectivity index (χ2n) is 7.73.